The molecule has 2 rings (SSSR count). The highest BCUT2D eigenvalue weighted by Crippen LogP contribution is 2.31. The molecule has 19 heavy (non-hydrogen) atoms. The molecule has 0 aromatic heterocycles. The van der Waals surface area contributed by atoms with E-state index < -0.39 is 0 Å². The van der Waals surface area contributed by atoms with E-state index in [-0.39, 0.29) is 4.83 Å². The van der Waals surface area contributed by atoms with Gasteiger partial charge in [-0.05, 0) is 36.5 Å². The van der Waals surface area contributed by atoms with Gasteiger partial charge in [-0.1, -0.05) is 83.4 Å². The standard InChI is InChI=1S/C18H21Br/c1-3-4-5-15-8-12-17(13-9-15)18(19)16-10-6-14(2)7-11-16/h6-13,18H,3-5H2,1-2H3. The summed E-state index contributed by atoms with van der Waals surface area (Å²) in [6.07, 6.45) is 3.72. The van der Waals surface area contributed by atoms with Crippen molar-refractivity contribution < 1.29 is 0 Å². The van der Waals surface area contributed by atoms with Gasteiger partial charge in [0.1, 0.15) is 0 Å². The van der Waals surface area contributed by atoms with Gasteiger partial charge in [0, 0.05) is 0 Å². The van der Waals surface area contributed by atoms with E-state index in [1.165, 1.54) is 41.5 Å². The quantitative estimate of drug-likeness (QED) is 0.609. The van der Waals surface area contributed by atoms with E-state index in [4.69, 9.17) is 0 Å². The molecule has 1 heteroatoms. The monoisotopic (exact) mass is 316 g/mol. The summed E-state index contributed by atoms with van der Waals surface area (Å²) in [5.41, 5.74) is 5.38. The highest BCUT2D eigenvalue weighted by molar-refractivity contribution is 9.09. The van der Waals surface area contributed by atoms with E-state index in [1.807, 2.05) is 0 Å². The summed E-state index contributed by atoms with van der Waals surface area (Å²) < 4.78 is 0. The molecule has 100 valence electrons. The minimum absolute atomic E-state index is 0.285. The van der Waals surface area contributed by atoms with Gasteiger partial charge in [-0.3, -0.25) is 0 Å². The largest absolute Gasteiger partial charge is 0.0786 e. The van der Waals surface area contributed by atoms with Gasteiger partial charge >= 0.3 is 0 Å². The van der Waals surface area contributed by atoms with Gasteiger partial charge in [-0.2, -0.15) is 0 Å². The van der Waals surface area contributed by atoms with E-state index in [0.717, 1.165) is 0 Å². The van der Waals surface area contributed by atoms with Crippen LogP contribution in [0.4, 0.5) is 0 Å². The molecule has 0 spiro atoms. The number of alkyl halides is 1. The van der Waals surface area contributed by atoms with Crippen LogP contribution in [0.1, 0.15) is 46.8 Å². The number of aryl methyl sites for hydroxylation is 2. The van der Waals surface area contributed by atoms with E-state index >= 15 is 0 Å². The maximum absolute atomic E-state index is 3.80. The fraction of sp³-hybridized carbons (Fsp3) is 0.333. The minimum Gasteiger partial charge on any atom is -0.0786 e. The topological polar surface area (TPSA) is 0 Å². The zero-order chi connectivity index (χ0) is 13.7. The lowest BCUT2D eigenvalue weighted by molar-refractivity contribution is 0.795. The molecule has 0 heterocycles. The average Bonchev–Trinajstić information content (AvgIpc) is 2.46. The fourth-order valence-electron chi connectivity index (χ4n) is 2.16. The van der Waals surface area contributed by atoms with Crippen LogP contribution in [0.15, 0.2) is 48.5 Å². The molecule has 0 radical (unpaired) electrons. The van der Waals surface area contributed by atoms with Crippen LogP contribution in [-0.4, -0.2) is 0 Å². The van der Waals surface area contributed by atoms with Gasteiger partial charge in [0.25, 0.3) is 0 Å². The second kappa shape index (κ2) is 6.91. The van der Waals surface area contributed by atoms with Crippen LogP contribution in [0.3, 0.4) is 0 Å². The number of rotatable bonds is 5. The molecule has 0 fully saturated rings. The van der Waals surface area contributed by atoms with Gasteiger partial charge in [0.15, 0.2) is 0 Å². The Morgan fingerprint density at radius 3 is 1.95 bits per heavy atom. The molecule has 0 N–H and O–H groups in total. The second-order valence-corrected chi connectivity index (χ2v) is 6.03. The van der Waals surface area contributed by atoms with Crippen LogP contribution in [0, 0.1) is 6.92 Å². The highest BCUT2D eigenvalue weighted by atomic mass is 79.9. The molecule has 1 unspecified atom stereocenters. The van der Waals surface area contributed by atoms with E-state index in [1.54, 1.807) is 0 Å². The van der Waals surface area contributed by atoms with Gasteiger partial charge in [-0.25, -0.2) is 0 Å². The third-order valence-electron chi connectivity index (χ3n) is 3.46. The fourth-order valence-corrected chi connectivity index (χ4v) is 2.77. The van der Waals surface area contributed by atoms with Crippen LogP contribution in [-0.2, 0) is 6.42 Å². The molecule has 0 saturated heterocycles. The Hall–Kier alpha value is -1.08. The molecule has 2 aromatic carbocycles. The maximum atomic E-state index is 3.80. The van der Waals surface area contributed by atoms with Gasteiger partial charge < -0.3 is 0 Å². The molecule has 2 aromatic rings. The Labute approximate surface area is 125 Å². The number of unbranched alkanes of at least 4 members (excludes halogenated alkanes) is 1. The summed E-state index contributed by atoms with van der Waals surface area (Å²) in [5.74, 6) is 0. The normalized spacial score (nSPS) is 12.4. The lowest BCUT2D eigenvalue weighted by Gasteiger charge is -2.12. The zero-order valence-corrected chi connectivity index (χ0v) is 13.3. The van der Waals surface area contributed by atoms with Crippen LogP contribution in [0.25, 0.3) is 0 Å². The predicted octanol–water partition coefficient (Wildman–Crippen LogP) is 5.82. The van der Waals surface area contributed by atoms with Crippen LogP contribution < -0.4 is 0 Å². The van der Waals surface area contributed by atoms with Crippen molar-refractivity contribution in [3.63, 3.8) is 0 Å². The molecular formula is C18H21Br. The Morgan fingerprint density at radius 2 is 1.42 bits per heavy atom. The Kier molecular flexibility index (Phi) is 5.21. The molecule has 0 amide bonds. The number of benzene rings is 2. The molecule has 0 aliphatic heterocycles. The van der Waals surface area contributed by atoms with Crippen molar-refractivity contribution in [1.82, 2.24) is 0 Å². The molecule has 0 aliphatic carbocycles. The van der Waals surface area contributed by atoms with Gasteiger partial charge in [-0.15, -0.1) is 0 Å². The molecule has 1 atom stereocenters. The summed E-state index contributed by atoms with van der Waals surface area (Å²) in [4.78, 5) is 0.285. The van der Waals surface area contributed by atoms with Crippen molar-refractivity contribution in [1.29, 1.82) is 0 Å². The van der Waals surface area contributed by atoms with E-state index in [9.17, 15) is 0 Å². The smallest absolute Gasteiger partial charge is 0.0644 e. The van der Waals surface area contributed by atoms with E-state index in [0.29, 0.717) is 0 Å². The molecule has 0 saturated carbocycles. The second-order valence-electron chi connectivity index (χ2n) is 5.12. The summed E-state index contributed by atoms with van der Waals surface area (Å²) in [6.45, 7) is 4.36. The molecule has 0 bridgehead atoms. The van der Waals surface area contributed by atoms with Crippen LogP contribution in [0.5, 0.6) is 0 Å². The summed E-state index contributed by atoms with van der Waals surface area (Å²) in [6, 6.07) is 17.7. The molecular weight excluding hydrogens is 296 g/mol. The third kappa shape index (κ3) is 3.94. The molecule has 0 aliphatic rings. The van der Waals surface area contributed by atoms with Crippen molar-refractivity contribution >= 4 is 15.9 Å². The Bertz CT molecular complexity index is 496. The van der Waals surface area contributed by atoms with Crippen molar-refractivity contribution in [3.05, 3.63) is 70.8 Å². The first kappa shape index (κ1) is 14.3. The minimum atomic E-state index is 0.285. The zero-order valence-electron chi connectivity index (χ0n) is 11.7. The number of hydrogen-bond acceptors (Lipinski definition) is 0. The first-order valence-electron chi connectivity index (χ1n) is 7.00. The summed E-state index contributed by atoms with van der Waals surface area (Å²) in [5, 5.41) is 0. The maximum Gasteiger partial charge on any atom is 0.0644 e. The lowest BCUT2D eigenvalue weighted by atomic mass is 10.0. The van der Waals surface area contributed by atoms with Crippen molar-refractivity contribution in [3.8, 4) is 0 Å². The Morgan fingerprint density at radius 1 is 0.895 bits per heavy atom. The van der Waals surface area contributed by atoms with Gasteiger partial charge in [0.2, 0.25) is 0 Å². The van der Waals surface area contributed by atoms with Crippen molar-refractivity contribution in [2.45, 2.75) is 37.9 Å². The summed E-state index contributed by atoms with van der Waals surface area (Å²) >= 11 is 3.80. The van der Waals surface area contributed by atoms with Crippen molar-refractivity contribution in [2.75, 3.05) is 0 Å². The highest BCUT2D eigenvalue weighted by Gasteiger charge is 2.09. The summed E-state index contributed by atoms with van der Waals surface area (Å²) in [7, 11) is 0. The van der Waals surface area contributed by atoms with Crippen molar-refractivity contribution in [2.24, 2.45) is 0 Å². The first-order chi connectivity index (χ1) is 9.20. The van der Waals surface area contributed by atoms with Crippen LogP contribution >= 0.6 is 15.9 Å². The van der Waals surface area contributed by atoms with Gasteiger partial charge in [0.05, 0.1) is 4.83 Å². The Balaban J connectivity index is 2.10. The average molecular weight is 317 g/mol. The molecule has 0 nitrogen and oxygen atoms in total. The first-order valence-corrected chi connectivity index (χ1v) is 7.91. The third-order valence-corrected chi connectivity index (χ3v) is 4.52. The van der Waals surface area contributed by atoms with E-state index in [2.05, 4.69) is 78.3 Å². The van der Waals surface area contributed by atoms with Crippen LogP contribution in [0.2, 0.25) is 0 Å². The SMILES string of the molecule is CCCCc1ccc(C(Br)c2ccc(C)cc2)cc1. The predicted molar refractivity (Wildman–Crippen MR) is 87.0 cm³/mol. The lowest BCUT2D eigenvalue weighted by Crippen LogP contribution is -1.93. The number of hydrogen-bond donors (Lipinski definition) is 0. The number of halogens is 1.